The summed E-state index contributed by atoms with van der Waals surface area (Å²) < 4.78 is 0. The fourth-order valence-electron chi connectivity index (χ4n) is 1.76. The predicted molar refractivity (Wildman–Crippen MR) is 82.7 cm³/mol. The van der Waals surface area contributed by atoms with Crippen LogP contribution in [0.2, 0.25) is 0 Å². The van der Waals surface area contributed by atoms with Gasteiger partial charge in [0.25, 0.3) is 0 Å². The Kier molecular flexibility index (Phi) is 5.05. The van der Waals surface area contributed by atoms with Gasteiger partial charge in [0.05, 0.1) is 0 Å². The number of carbonyl (C=O) groups excluding carboxylic acids is 1. The number of rotatable bonds is 6. The number of carboxylic acid groups (broad SMARTS) is 1. The third-order valence-corrected chi connectivity index (χ3v) is 3.79. The topological polar surface area (TPSA) is 79.3 Å². The zero-order chi connectivity index (χ0) is 15.2. The number of anilines is 1. The van der Waals surface area contributed by atoms with Gasteiger partial charge in [-0.3, -0.25) is 4.79 Å². The Morgan fingerprint density at radius 2 is 2.00 bits per heavy atom. The molecule has 0 unspecified atom stereocenters. The van der Waals surface area contributed by atoms with E-state index in [2.05, 4.69) is 10.3 Å². The minimum absolute atomic E-state index is 0.00649. The number of thiazole rings is 1. The van der Waals surface area contributed by atoms with Crippen molar-refractivity contribution in [3.8, 4) is 10.6 Å². The summed E-state index contributed by atoms with van der Waals surface area (Å²) in [5, 5.41) is 13.8. The fourth-order valence-corrected chi connectivity index (χ4v) is 2.56. The molecule has 0 aliphatic carbocycles. The quantitative estimate of drug-likeness (QED) is 0.854. The Labute approximate surface area is 126 Å². The molecule has 1 heterocycles. The van der Waals surface area contributed by atoms with Crippen molar-refractivity contribution in [3.63, 3.8) is 0 Å². The number of hydrogen-bond donors (Lipinski definition) is 2. The van der Waals surface area contributed by atoms with Gasteiger partial charge in [-0.25, -0.2) is 9.78 Å². The van der Waals surface area contributed by atoms with Crippen LogP contribution in [0.1, 0.15) is 36.7 Å². The number of aromatic carboxylic acids is 1. The number of benzene rings is 1. The largest absolute Gasteiger partial charge is 0.476 e. The average Bonchev–Trinajstić information content (AvgIpc) is 2.96. The van der Waals surface area contributed by atoms with Crippen molar-refractivity contribution in [2.24, 2.45) is 0 Å². The van der Waals surface area contributed by atoms with Crippen LogP contribution in [-0.2, 0) is 4.79 Å². The molecule has 0 spiro atoms. The van der Waals surface area contributed by atoms with Crippen molar-refractivity contribution in [1.29, 1.82) is 0 Å². The highest BCUT2D eigenvalue weighted by atomic mass is 32.1. The van der Waals surface area contributed by atoms with Gasteiger partial charge in [-0.2, -0.15) is 0 Å². The SMILES string of the molecule is CCCCC(=O)Nc1ccc(-c2nc(C(=O)O)cs2)cc1. The van der Waals surface area contributed by atoms with Crippen molar-refractivity contribution in [2.45, 2.75) is 26.2 Å². The predicted octanol–water partition coefficient (Wildman–Crippen LogP) is 3.64. The molecule has 0 bridgehead atoms. The molecule has 110 valence electrons. The Morgan fingerprint density at radius 1 is 1.29 bits per heavy atom. The molecule has 2 rings (SSSR count). The first kappa shape index (κ1) is 15.2. The zero-order valence-corrected chi connectivity index (χ0v) is 12.4. The lowest BCUT2D eigenvalue weighted by atomic mass is 10.2. The smallest absolute Gasteiger partial charge is 0.355 e. The molecule has 0 radical (unpaired) electrons. The Bertz CT molecular complexity index is 635. The maximum absolute atomic E-state index is 11.6. The van der Waals surface area contributed by atoms with E-state index in [1.54, 1.807) is 12.1 Å². The molecule has 5 nitrogen and oxygen atoms in total. The molecule has 1 amide bonds. The molecule has 1 aromatic heterocycles. The van der Waals surface area contributed by atoms with E-state index < -0.39 is 5.97 Å². The molecule has 0 aliphatic rings. The maximum Gasteiger partial charge on any atom is 0.355 e. The Morgan fingerprint density at radius 3 is 2.57 bits per heavy atom. The van der Waals surface area contributed by atoms with E-state index in [4.69, 9.17) is 5.11 Å². The molecule has 2 N–H and O–H groups in total. The molecule has 1 aromatic carbocycles. The van der Waals surface area contributed by atoms with Crippen LogP contribution in [0.25, 0.3) is 10.6 Å². The average molecular weight is 304 g/mol. The van der Waals surface area contributed by atoms with Gasteiger partial charge < -0.3 is 10.4 Å². The second-order valence-corrected chi connectivity index (χ2v) is 5.43. The lowest BCUT2D eigenvalue weighted by molar-refractivity contribution is -0.116. The van der Waals surface area contributed by atoms with Gasteiger partial charge >= 0.3 is 5.97 Å². The third kappa shape index (κ3) is 4.13. The minimum atomic E-state index is -1.03. The number of nitrogens with zero attached hydrogens (tertiary/aromatic N) is 1. The first-order chi connectivity index (χ1) is 10.1. The van der Waals surface area contributed by atoms with Crippen molar-refractivity contribution in [3.05, 3.63) is 35.3 Å². The Hall–Kier alpha value is -2.21. The molecule has 0 saturated carbocycles. The van der Waals surface area contributed by atoms with Crippen molar-refractivity contribution >= 4 is 28.9 Å². The standard InChI is InChI=1S/C15H16N2O3S/c1-2-3-4-13(18)16-11-7-5-10(6-8-11)14-17-12(9-21-14)15(19)20/h5-9H,2-4H2,1H3,(H,16,18)(H,19,20). The van der Waals surface area contributed by atoms with Crippen LogP contribution in [0, 0.1) is 0 Å². The highest BCUT2D eigenvalue weighted by molar-refractivity contribution is 7.13. The third-order valence-electron chi connectivity index (χ3n) is 2.90. The highest BCUT2D eigenvalue weighted by Crippen LogP contribution is 2.25. The van der Waals surface area contributed by atoms with Crippen LogP contribution >= 0.6 is 11.3 Å². The van der Waals surface area contributed by atoms with E-state index in [1.165, 1.54) is 16.7 Å². The molecule has 6 heteroatoms. The second kappa shape index (κ2) is 6.99. The van der Waals surface area contributed by atoms with Crippen LogP contribution < -0.4 is 5.32 Å². The van der Waals surface area contributed by atoms with Crippen LogP contribution in [0.15, 0.2) is 29.6 Å². The van der Waals surface area contributed by atoms with E-state index >= 15 is 0 Å². The van der Waals surface area contributed by atoms with E-state index in [-0.39, 0.29) is 11.6 Å². The van der Waals surface area contributed by atoms with Gasteiger partial charge in [0.2, 0.25) is 5.91 Å². The van der Waals surface area contributed by atoms with E-state index in [0.717, 1.165) is 24.1 Å². The summed E-state index contributed by atoms with van der Waals surface area (Å²) in [6, 6.07) is 7.22. The minimum Gasteiger partial charge on any atom is -0.476 e. The lowest BCUT2D eigenvalue weighted by Gasteiger charge is -2.05. The molecule has 21 heavy (non-hydrogen) atoms. The van der Waals surface area contributed by atoms with Crippen molar-refractivity contribution in [2.75, 3.05) is 5.32 Å². The number of unbranched alkanes of at least 4 members (excludes halogenated alkanes) is 1. The molecule has 0 saturated heterocycles. The first-order valence-corrected chi connectivity index (χ1v) is 7.57. The number of nitrogens with one attached hydrogen (secondary N) is 1. The van der Waals surface area contributed by atoms with Crippen LogP contribution in [-0.4, -0.2) is 22.0 Å². The Balaban J connectivity index is 2.04. The number of amides is 1. The summed E-state index contributed by atoms with van der Waals surface area (Å²) in [6.07, 6.45) is 2.38. The normalized spacial score (nSPS) is 10.3. The van der Waals surface area contributed by atoms with Gasteiger partial charge in [0.15, 0.2) is 5.69 Å². The molecule has 0 aliphatic heterocycles. The van der Waals surface area contributed by atoms with Crippen molar-refractivity contribution < 1.29 is 14.7 Å². The van der Waals surface area contributed by atoms with E-state index in [0.29, 0.717) is 11.4 Å². The molecule has 0 fully saturated rings. The number of aromatic nitrogens is 1. The van der Waals surface area contributed by atoms with Gasteiger partial charge in [-0.1, -0.05) is 13.3 Å². The lowest BCUT2D eigenvalue weighted by Crippen LogP contribution is -2.10. The van der Waals surface area contributed by atoms with Gasteiger partial charge in [0.1, 0.15) is 5.01 Å². The van der Waals surface area contributed by atoms with Crippen LogP contribution in [0.4, 0.5) is 5.69 Å². The highest BCUT2D eigenvalue weighted by Gasteiger charge is 2.10. The van der Waals surface area contributed by atoms with Crippen LogP contribution in [0.5, 0.6) is 0 Å². The number of carboxylic acids is 1. The maximum atomic E-state index is 11.6. The van der Waals surface area contributed by atoms with Gasteiger partial charge in [-0.05, 0) is 30.7 Å². The summed E-state index contributed by atoms with van der Waals surface area (Å²) >= 11 is 1.28. The zero-order valence-electron chi connectivity index (χ0n) is 11.6. The van der Waals surface area contributed by atoms with E-state index in [1.807, 2.05) is 19.1 Å². The van der Waals surface area contributed by atoms with E-state index in [9.17, 15) is 9.59 Å². The number of carbonyl (C=O) groups is 2. The van der Waals surface area contributed by atoms with Gasteiger partial charge in [0, 0.05) is 23.1 Å². The summed E-state index contributed by atoms with van der Waals surface area (Å²) in [5.41, 5.74) is 1.61. The summed E-state index contributed by atoms with van der Waals surface area (Å²) in [6.45, 7) is 2.04. The molecule has 0 atom stereocenters. The number of hydrogen-bond acceptors (Lipinski definition) is 4. The van der Waals surface area contributed by atoms with Crippen LogP contribution in [0.3, 0.4) is 0 Å². The summed E-state index contributed by atoms with van der Waals surface area (Å²) in [5.74, 6) is -1.02. The summed E-state index contributed by atoms with van der Waals surface area (Å²) in [4.78, 5) is 26.5. The monoisotopic (exact) mass is 304 g/mol. The first-order valence-electron chi connectivity index (χ1n) is 6.69. The fraction of sp³-hybridized carbons (Fsp3) is 0.267. The molecular formula is C15H16N2O3S. The molecular weight excluding hydrogens is 288 g/mol. The second-order valence-electron chi connectivity index (χ2n) is 4.57. The summed E-state index contributed by atoms with van der Waals surface area (Å²) in [7, 11) is 0. The van der Waals surface area contributed by atoms with Crippen molar-refractivity contribution in [1.82, 2.24) is 4.98 Å². The molecule has 2 aromatic rings. The van der Waals surface area contributed by atoms with Gasteiger partial charge in [-0.15, -0.1) is 11.3 Å².